The number of carbonyl (C=O) groups excluding carboxylic acids is 1. The van der Waals surface area contributed by atoms with Crippen LogP contribution in [0.15, 0.2) is 24.3 Å². The summed E-state index contributed by atoms with van der Waals surface area (Å²) >= 11 is 0. The summed E-state index contributed by atoms with van der Waals surface area (Å²) in [6, 6.07) is 7.82. The Kier molecular flexibility index (Phi) is 4.21. The second kappa shape index (κ2) is 6.49. The fourth-order valence-electron chi connectivity index (χ4n) is 5.59. The molecule has 27 heavy (non-hydrogen) atoms. The molecule has 3 heterocycles. The van der Waals surface area contributed by atoms with Crippen molar-refractivity contribution < 1.29 is 9.53 Å². The Morgan fingerprint density at radius 1 is 1.26 bits per heavy atom. The van der Waals surface area contributed by atoms with E-state index in [-0.39, 0.29) is 11.5 Å². The van der Waals surface area contributed by atoms with Crippen molar-refractivity contribution in [3.63, 3.8) is 0 Å². The summed E-state index contributed by atoms with van der Waals surface area (Å²) in [5, 5.41) is 3.20. The molecule has 1 saturated carbocycles. The topological polar surface area (TPSA) is 44.8 Å². The molecule has 4 atom stereocenters. The number of rotatable bonds is 6. The van der Waals surface area contributed by atoms with Gasteiger partial charge >= 0.3 is 0 Å². The van der Waals surface area contributed by atoms with Gasteiger partial charge in [-0.3, -0.25) is 9.69 Å². The standard InChI is InChI=1S/C22H31N3O2/c1-24(2)17-7-5-16(6-8-17)21(26)23-11-18-19-13-25(12-15-3-4-15)14-22(19)10-9-20(18)27-22/h5-8,15,18-20H,3-4,9-14H2,1-2H3,(H,23,26)/t18-,19+,20+,22+/m0/s1. The number of anilines is 1. The van der Waals surface area contributed by atoms with Crippen molar-refractivity contribution in [1.29, 1.82) is 0 Å². The third-order valence-electron chi connectivity index (χ3n) is 7.21. The number of ether oxygens (including phenoxy) is 1. The highest BCUT2D eigenvalue weighted by atomic mass is 16.5. The maximum atomic E-state index is 12.6. The van der Waals surface area contributed by atoms with Gasteiger partial charge in [0.15, 0.2) is 0 Å². The summed E-state index contributed by atoms with van der Waals surface area (Å²) < 4.78 is 6.51. The van der Waals surface area contributed by atoms with Gasteiger partial charge in [0.05, 0.1) is 11.7 Å². The van der Waals surface area contributed by atoms with E-state index in [2.05, 4.69) is 10.2 Å². The molecule has 1 aromatic rings. The Bertz CT molecular complexity index is 715. The summed E-state index contributed by atoms with van der Waals surface area (Å²) in [5.41, 5.74) is 1.93. The number of nitrogens with zero attached hydrogens (tertiary/aromatic N) is 2. The van der Waals surface area contributed by atoms with E-state index in [1.54, 1.807) is 0 Å². The van der Waals surface area contributed by atoms with E-state index in [9.17, 15) is 4.79 Å². The van der Waals surface area contributed by atoms with Gasteiger partial charge in [-0.2, -0.15) is 0 Å². The van der Waals surface area contributed by atoms with Crippen LogP contribution >= 0.6 is 0 Å². The minimum Gasteiger partial charge on any atom is -0.378 e. The summed E-state index contributed by atoms with van der Waals surface area (Å²) in [7, 11) is 4.02. The molecule has 0 aromatic heterocycles. The van der Waals surface area contributed by atoms with Crippen LogP contribution in [-0.4, -0.2) is 62.8 Å². The summed E-state index contributed by atoms with van der Waals surface area (Å²) in [6.07, 6.45) is 5.52. The van der Waals surface area contributed by atoms with Crippen LogP contribution in [0.3, 0.4) is 0 Å². The second-order valence-electron chi connectivity index (χ2n) is 9.32. The van der Waals surface area contributed by atoms with Crippen LogP contribution in [0.25, 0.3) is 0 Å². The van der Waals surface area contributed by atoms with Gasteiger partial charge in [0.2, 0.25) is 0 Å². The van der Waals surface area contributed by atoms with Gasteiger partial charge in [-0.25, -0.2) is 0 Å². The Hall–Kier alpha value is -1.59. The molecule has 5 nitrogen and oxygen atoms in total. The predicted molar refractivity (Wildman–Crippen MR) is 106 cm³/mol. The third kappa shape index (κ3) is 3.15. The van der Waals surface area contributed by atoms with E-state index < -0.39 is 0 Å². The molecule has 5 heteroatoms. The van der Waals surface area contributed by atoms with Crippen molar-refractivity contribution in [2.75, 3.05) is 45.2 Å². The van der Waals surface area contributed by atoms with Crippen molar-refractivity contribution in [2.45, 2.75) is 37.4 Å². The fraction of sp³-hybridized carbons (Fsp3) is 0.682. The average Bonchev–Trinajstić information content (AvgIpc) is 3.16. The smallest absolute Gasteiger partial charge is 0.251 e. The number of likely N-dealkylation sites (tertiary alicyclic amines) is 1. The van der Waals surface area contributed by atoms with E-state index in [1.807, 2.05) is 43.3 Å². The first-order valence-electron chi connectivity index (χ1n) is 10.5. The molecule has 1 aromatic carbocycles. The zero-order chi connectivity index (χ0) is 18.6. The lowest BCUT2D eigenvalue weighted by atomic mass is 9.73. The van der Waals surface area contributed by atoms with Crippen molar-refractivity contribution >= 4 is 11.6 Å². The number of amides is 1. The largest absolute Gasteiger partial charge is 0.378 e. The molecule has 146 valence electrons. The van der Waals surface area contributed by atoms with Crippen LogP contribution in [0.5, 0.6) is 0 Å². The van der Waals surface area contributed by atoms with Crippen molar-refractivity contribution in [3.8, 4) is 0 Å². The zero-order valence-corrected chi connectivity index (χ0v) is 16.5. The van der Waals surface area contributed by atoms with Crippen molar-refractivity contribution in [1.82, 2.24) is 10.2 Å². The average molecular weight is 370 g/mol. The molecule has 0 radical (unpaired) electrons. The van der Waals surface area contributed by atoms with Crippen LogP contribution in [0.4, 0.5) is 5.69 Å². The number of nitrogens with one attached hydrogen (secondary N) is 1. The molecule has 3 saturated heterocycles. The van der Waals surface area contributed by atoms with E-state index in [0.717, 1.165) is 43.2 Å². The molecule has 3 aliphatic heterocycles. The van der Waals surface area contributed by atoms with Gasteiger partial charge in [0.1, 0.15) is 0 Å². The number of fused-ring (bicyclic) bond motifs is 1. The van der Waals surface area contributed by atoms with Crippen LogP contribution in [-0.2, 0) is 4.74 Å². The quantitative estimate of drug-likeness (QED) is 0.836. The van der Waals surface area contributed by atoms with Crippen molar-refractivity contribution in [3.05, 3.63) is 29.8 Å². The van der Waals surface area contributed by atoms with Crippen molar-refractivity contribution in [2.24, 2.45) is 17.8 Å². The zero-order valence-electron chi connectivity index (χ0n) is 16.5. The first-order valence-corrected chi connectivity index (χ1v) is 10.5. The molecular formula is C22H31N3O2. The van der Waals surface area contributed by atoms with Gasteiger partial charge in [0, 0.05) is 63.4 Å². The van der Waals surface area contributed by atoms with Gasteiger partial charge < -0.3 is 15.0 Å². The lowest BCUT2D eigenvalue weighted by molar-refractivity contribution is 0.00244. The molecular weight excluding hydrogens is 338 g/mol. The molecule has 0 unspecified atom stereocenters. The Morgan fingerprint density at radius 3 is 2.74 bits per heavy atom. The minimum absolute atomic E-state index is 0.0324. The highest BCUT2D eigenvalue weighted by Crippen LogP contribution is 2.55. The minimum atomic E-state index is 0.0324. The highest BCUT2D eigenvalue weighted by Gasteiger charge is 2.62. The Morgan fingerprint density at radius 2 is 2.04 bits per heavy atom. The molecule has 4 fully saturated rings. The van der Waals surface area contributed by atoms with E-state index in [0.29, 0.717) is 17.9 Å². The lowest BCUT2D eigenvalue weighted by Crippen LogP contribution is -2.41. The van der Waals surface area contributed by atoms with E-state index >= 15 is 0 Å². The normalized spacial score (nSPS) is 34.7. The number of hydrogen-bond donors (Lipinski definition) is 1. The Balaban J connectivity index is 1.21. The summed E-state index contributed by atoms with van der Waals surface area (Å²) in [6.45, 7) is 4.26. The maximum absolute atomic E-state index is 12.6. The third-order valence-corrected chi connectivity index (χ3v) is 7.21. The molecule has 1 N–H and O–H groups in total. The number of hydrogen-bond acceptors (Lipinski definition) is 4. The maximum Gasteiger partial charge on any atom is 0.251 e. The van der Waals surface area contributed by atoms with Crippen LogP contribution in [0, 0.1) is 17.8 Å². The van der Waals surface area contributed by atoms with Gasteiger partial charge in [-0.15, -0.1) is 0 Å². The van der Waals surface area contributed by atoms with E-state index in [4.69, 9.17) is 4.74 Å². The molecule has 4 aliphatic rings. The first kappa shape index (κ1) is 17.5. The predicted octanol–water partition coefficient (Wildman–Crippen LogP) is 2.37. The number of benzene rings is 1. The molecule has 1 aliphatic carbocycles. The van der Waals surface area contributed by atoms with Gasteiger partial charge in [0.25, 0.3) is 5.91 Å². The molecule has 5 rings (SSSR count). The van der Waals surface area contributed by atoms with E-state index in [1.165, 1.54) is 25.8 Å². The second-order valence-corrected chi connectivity index (χ2v) is 9.32. The molecule has 2 bridgehead atoms. The SMILES string of the molecule is CN(C)c1ccc(C(=O)NC[C@H]2[C@H]3CN(CC4CC4)C[C@]34CC[C@H]2O4)cc1. The molecule has 1 amide bonds. The van der Waals surface area contributed by atoms with Crippen LogP contribution < -0.4 is 10.2 Å². The van der Waals surface area contributed by atoms with Gasteiger partial charge in [-0.1, -0.05) is 0 Å². The van der Waals surface area contributed by atoms with Gasteiger partial charge in [-0.05, 0) is 55.9 Å². The fourth-order valence-corrected chi connectivity index (χ4v) is 5.59. The van der Waals surface area contributed by atoms with Crippen LogP contribution in [0.1, 0.15) is 36.0 Å². The van der Waals surface area contributed by atoms with Crippen LogP contribution in [0.2, 0.25) is 0 Å². The Labute approximate surface area is 162 Å². The summed E-state index contributed by atoms with van der Waals surface area (Å²) in [4.78, 5) is 17.3. The summed E-state index contributed by atoms with van der Waals surface area (Å²) in [5.74, 6) is 2.02. The first-order chi connectivity index (χ1) is 13.0. The highest BCUT2D eigenvalue weighted by molar-refractivity contribution is 5.94. The molecule has 1 spiro atoms. The monoisotopic (exact) mass is 369 g/mol. The lowest BCUT2D eigenvalue weighted by Gasteiger charge is -2.29. The number of carbonyl (C=O) groups is 1.